The van der Waals surface area contributed by atoms with E-state index in [1.807, 2.05) is 0 Å². The molecule has 0 aliphatic heterocycles. The Bertz CT molecular complexity index is 985. The number of carbonyl (C=O) groups is 1. The van der Waals surface area contributed by atoms with Gasteiger partial charge in [0.05, 0.1) is 36.0 Å². The molecular formula is C20H22IN3O6. The summed E-state index contributed by atoms with van der Waals surface area (Å²) < 4.78 is 16.6. The smallest absolute Gasteiger partial charge is 0.412 e. The van der Waals surface area contributed by atoms with Crippen LogP contribution in [0.5, 0.6) is 11.6 Å². The van der Waals surface area contributed by atoms with Gasteiger partial charge < -0.3 is 14.2 Å². The molecule has 30 heavy (non-hydrogen) atoms. The van der Waals surface area contributed by atoms with Gasteiger partial charge in [-0.3, -0.25) is 15.4 Å². The first-order valence-electron chi connectivity index (χ1n) is 8.78. The monoisotopic (exact) mass is 527 g/mol. The highest BCUT2D eigenvalue weighted by molar-refractivity contribution is 14.1. The average Bonchev–Trinajstić information content (AvgIpc) is 2.65. The first-order chi connectivity index (χ1) is 14.1. The Morgan fingerprint density at radius 3 is 2.50 bits per heavy atom. The average molecular weight is 527 g/mol. The van der Waals surface area contributed by atoms with E-state index in [0.717, 1.165) is 3.57 Å². The highest BCUT2D eigenvalue weighted by Crippen LogP contribution is 2.35. The minimum Gasteiger partial charge on any atom is -0.495 e. The van der Waals surface area contributed by atoms with Gasteiger partial charge in [0, 0.05) is 15.8 Å². The fourth-order valence-corrected chi connectivity index (χ4v) is 3.05. The molecular weight excluding hydrogens is 505 g/mol. The van der Waals surface area contributed by atoms with Crippen LogP contribution in [0.4, 0.5) is 16.2 Å². The Balaban J connectivity index is 2.47. The van der Waals surface area contributed by atoms with E-state index >= 15 is 0 Å². The van der Waals surface area contributed by atoms with Crippen molar-refractivity contribution in [1.29, 1.82) is 0 Å². The van der Waals surface area contributed by atoms with Gasteiger partial charge in [0.2, 0.25) is 5.88 Å². The van der Waals surface area contributed by atoms with E-state index in [-0.39, 0.29) is 22.7 Å². The molecule has 1 N–H and O–H groups in total. The molecule has 0 saturated heterocycles. The number of carbonyl (C=O) groups excluding carboxylic acids is 1. The van der Waals surface area contributed by atoms with Crippen molar-refractivity contribution < 1.29 is 23.9 Å². The zero-order valence-corrected chi connectivity index (χ0v) is 19.3. The molecule has 1 aromatic heterocycles. The fraction of sp³-hybridized carbons (Fsp3) is 0.300. The molecule has 160 valence electrons. The van der Waals surface area contributed by atoms with Crippen molar-refractivity contribution >= 4 is 52.2 Å². The molecule has 0 atom stereocenters. The first-order valence-corrected chi connectivity index (χ1v) is 9.86. The minimum atomic E-state index is -0.743. The normalized spacial score (nSPS) is 11.3. The number of amides is 1. The SMILES string of the molecule is COc1cc(/C=C/c2c(I)ccnc2OC)c([N+](=O)[O-])cc1NC(=O)OC(C)(C)C. The maximum absolute atomic E-state index is 12.1. The van der Waals surface area contributed by atoms with Crippen LogP contribution in [0.2, 0.25) is 0 Å². The van der Waals surface area contributed by atoms with E-state index in [2.05, 4.69) is 32.9 Å². The van der Waals surface area contributed by atoms with E-state index in [1.165, 1.54) is 26.4 Å². The topological polar surface area (TPSA) is 113 Å². The third kappa shape index (κ3) is 6.05. The molecule has 1 aromatic carbocycles. The van der Waals surface area contributed by atoms with E-state index < -0.39 is 16.6 Å². The van der Waals surface area contributed by atoms with Gasteiger partial charge in [-0.15, -0.1) is 0 Å². The summed E-state index contributed by atoms with van der Waals surface area (Å²) >= 11 is 2.13. The van der Waals surface area contributed by atoms with Crippen molar-refractivity contribution in [2.75, 3.05) is 19.5 Å². The lowest BCUT2D eigenvalue weighted by molar-refractivity contribution is -0.385. The molecule has 0 bridgehead atoms. The highest BCUT2D eigenvalue weighted by atomic mass is 127. The molecule has 0 unspecified atom stereocenters. The summed E-state index contributed by atoms with van der Waals surface area (Å²) in [6.45, 7) is 5.15. The van der Waals surface area contributed by atoms with Gasteiger partial charge in [-0.05, 0) is 67.6 Å². The quantitative estimate of drug-likeness (QED) is 0.315. The molecule has 9 nitrogen and oxygen atoms in total. The number of nitrogens with zero attached hydrogens (tertiary/aromatic N) is 2. The number of nitro benzene ring substituents is 1. The van der Waals surface area contributed by atoms with Crippen LogP contribution in [0.15, 0.2) is 24.4 Å². The fourth-order valence-electron chi connectivity index (χ4n) is 2.47. The van der Waals surface area contributed by atoms with Gasteiger partial charge in [-0.2, -0.15) is 0 Å². The molecule has 0 radical (unpaired) electrons. The van der Waals surface area contributed by atoms with Gasteiger partial charge in [0.1, 0.15) is 11.4 Å². The Morgan fingerprint density at radius 1 is 1.23 bits per heavy atom. The molecule has 0 aliphatic carbocycles. The van der Waals surface area contributed by atoms with Gasteiger partial charge in [0.25, 0.3) is 5.69 Å². The van der Waals surface area contributed by atoms with Crippen LogP contribution in [0, 0.1) is 13.7 Å². The van der Waals surface area contributed by atoms with E-state index in [0.29, 0.717) is 11.4 Å². The van der Waals surface area contributed by atoms with Crippen molar-refractivity contribution in [2.24, 2.45) is 0 Å². The number of aromatic nitrogens is 1. The molecule has 1 amide bonds. The second-order valence-electron chi connectivity index (χ2n) is 7.04. The number of methoxy groups -OCH3 is 2. The van der Waals surface area contributed by atoms with Crippen LogP contribution >= 0.6 is 22.6 Å². The maximum Gasteiger partial charge on any atom is 0.412 e. The van der Waals surface area contributed by atoms with Crippen LogP contribution in [0.3, 0.4) is 0 Å². The second-order valence-corrected chi connectivity index (χ2v) is 8.21. The number of pyridine rings is 1. The molecule has 2 aromatic rings. The summed E-state index contributed by atoms with van der Waals surface area (Å²) in [6, 6.07) is 4.50. The summed E-state index contributed by atoms with van der Waals surface area (Å²) in [5.74, 6) is 0.648. The number of benzene rings is 1. The first kappa shape index (κ1) is 23.4. The van der Waals surface area contributed by atoms with Gasteiger partial charge >= 0.3 is 6.09 Å². The summed E-state index contributed by atoms with van der Waals surface area (Å²) in [6.07, 6.45) is 4.12. The minimum absolute atomic E-state index is 0.129. The van der Waals surface area contributed by atoms with Gasteiger partial charge in [0.15, 0.2) is 0 Å². The lowest BCUT2D eigenvalue weighted by Gasteiger charge is -2.20. The molecule has 2 rings (SSSR count). The number of hydrogen-bond acceptors (Lipinski definition) is 7. The molecule has 0 fully saturated rings. The molecule has 0 saturated carbocycles. The third-order valence-electron chi connectivity index (χ3n) is 3.70. The lowest BCUT2D eigenvalue weighted by atomic mass is 10.1. The largest absolute Gasteiger partial charge is 0.495 e. The van der Waals surface area contributed by atoms with Crippen molar-refractivity contribution in [3.63, 3.8) is 0 Å². The molecule has 0 spiro atoms. The molecule has 10 heteroatoms. The van der Waals surface area contributed by atoms with Crippen LogP contribution in [0.25, 0.3) is 12.2 Å². The number of hydrogen-bond donors (Lipinski definition) is 1. The number of ether oxygens (including phenoxy) is 3. The van der Waals surface area contributed by atoms with Crippen LogP contribution < -0.4 is 14.8 Å². The van der Waals surface area contributed by atoms with E-state index in [9.17, 15) is 14.9 Å². The highest BCUT2D eigenvalue weighted by Gasteiger charge is 2.22. The predicted molar refractivity (Wildman–Crippen MR) is 122 cm³/mol. The third-order valence-corrected chi connectivity index (χ3v) is 4.65. The summed E-state index contributed by atoms with van der Waals surface area (Å²) in [7, 11) is 2.90. The standard InChI is InChI=1S/C20H22IN3O6/c1-20(2,3)30-19(25)23-15-11-16(24(26)27)12(10-17(15)28-4)6-7-13-14(21)8-9-22-18(13)29-5/h6-11H,1-5H3,(H,23,25)/b7-6+. The van der Waals surface area contributed by atoms with Crippen molar-refractivity contribution in [1.82, 2.24) is 4.98 Å². The Kier molecular flexibility index (Phi) is 7.59. The van der Waals surface area contributed by atoms with Crippen LogP contribution in [-0.4, -0.2) is 35.8 Å². The summed E-state index contributed by atoms with van der Waals surface area (Å²) in [5.41, 5.74) is 0.171. The Morgan fingerprint density at radius 2 is 1.93 bits per heavy atom. The second kappa shape index (κ2) is 9.74. The van der Waals surface area contributed by atoms with Crippen LogP contribution in [0.1, 0.15) is 31.9 Å². The van der Waals surface area contributed by atoms with E-state index in [4.69, 9.17) is 14.2 Å². The number of nitro groups is 1. The number of anilines is 1. The lowest BCUT2D eigenvalue weighted by Crippen LogP contribution is -2.27. The molecule has 1 heterocycles. The van der Waals surface area contributed by atoms with Gasteiger partial charge in [-0.25, -0.2) is 9.78 Å². The Hall–Kier alpha value is -2.89. The van der Waals surface area contributed by atoms with Crippen molar-refractivity contribution in [3.8, 4) is 11.6 Å². The summed E-state index contributed by atoms with van der Waals surface area (Å²) in [5, 5.41) is 14.1. The van der Waals surface area contributed by atoms with E-state index in [1.54, 1.807) is 45.2 Å². The predicted octanol–water partition coefficient (Wildman–Crippen LogP) is 5.13. The Labute approximate surface area is 187 Å². The number of halogens is 1. The van der Waals surface area contributed by atoms with Crippen LogP contribution in [-0.2, 0) is 4.74 Å². The molecule has 0 aliphatic rings. The maximum atomic E-state index is 12.1. The zero-order chi connectivity index (χ0) is 22.5. The summed E-state index contributed by atoms with van der Waals surface area (Å²) in [4.78, 5) is 27.3. The number of nitrogens with one attached hydrogen (secondary N) is 1. The number of rotatable bonds is 6. The van der Waals surface area contributed by atoms with Crippen molar-refractivity contribution in [2.45, 2.75) is 26.4 Å². The van der Waals surface area contributed by atoms with Gasteiger partial charge in [-0.1, -0.05) is 0 Å². The van der Waals surface area contributed by atoms with Crippen molar-refractivity contribution in [3.05, 3.63) is 49.2 Å². The zero-order valence-electron chi connectivity index (χ0n) is 17.2.